The van der Waals surface area contributed by atoms with Crippen LogP contribution in [0.1, 0.15) is 46.2 Å². The van der Waals surface area contributed by atoms with Crippen LogP contribution in [0.3, 0.4) is 0 Å². The summed E-state index contributed by atoms with van der Waals surface area (Å²) in [5.41, 5.74) is -0.144. The Morgan fingerprint density at radius 1 is 1.12 bits per heavy atom. The highest BCUT2D eigenvalue weighted by atomic mass is 32.2. The predicted molar refractivity (Wildman–Crippen MR) is 120 cm³/mol. The summed E-state index contributed by atoms with van der Waals surface area (Å²) in [7, 11) is -2.23. The number of rotatable bonds is 8. The molecular weight excluding hydrogens is 452 g/mol. The van der Waals surface area contributed by atoms with Crippen LogP contribution in [0.5, 0.6) is 17.2 Å². The molecule has 33 heavy (non-hydrogen) atoms. The van der Waals surface area contributed by atoms with E-state index in [2.05, 4.69) is 5.32 Å². The molecule has 0 spiro atoms. The van der Waals surface area contributed by atoms with Gasteiger partial charge in [-0.15, -0.1) is 0 Å². The van der Waals surface area contributed by atoms with Gasteiger partial charge in [-0.25, -0.2) is 8.42 Å². The van der Waals surface area contributed by atoms with Gasteiger partial charge in [0.15, 0.2) is 11.5 Å². The number of amides is 3. The maximum absolute atomic E-state index is 13.4. The third kappa shape index (κ3) is 4.77. The average Bonchev–Trinajstić information content (AvgIpc) is 2.99. The van der Waals surface area contributed by atoms with E-state index in [1.54, 1.807) is 13.0 Å². The summed E-state index contributed by atoms with van der Waals surface area (Å²) in [5.74, 6) is -2.50. The second kappa shape index (κ2) is 9.10. The fourth-order valence-electron chi connectivity index (χ4n) is 3.72. The second-order valence-electron chi connectivity index (χ2n) is 7.50. The van der Waals surface area contributed by atoms with Crippen molar-refractivity contribution >= 4 is 33.2 Å². The first-order chi connectivity index (χ1) is 15.5. The van der Waals surface area contributed by atoms with Crippen molar-refractivity contribution in [1.82, 2.24) is 4.90 Å². The quantitative estimate of drug-likeness (QED) is 0.436. The van der Waals surface area contributed by atoms with E-state index in [0.717, 1.165) is 11.2 Å². The van der Waals surface area contributed by atoms with E-state index < -0.39 is 45.1 Å². The highest BCUT2D eigenvalue weighted by Gasteiger charge is 2.45. The third-order valence-corrected chi connectivity index (χ3v) is 5.93. The van der Waals surface area contributed by atoms with Crippen molar-refractivity contribution in [1.29, 1.82) is 0 Å². The largest absolute Gasteiger partial charge is 0.507 e. The summed E-state index contributed by atoms with van der Waals surface area (Å²) in [5, 5.41) is 12.8. The lowest BCUT2D eigenvalue weighted by atomic mass is 10.1. The number of phenolic OH excluding ortho intramolecular Hbond substituents is 1. The topological polar surface area (TPSA) is 139 Å². The summed E-state index contributed by atoms with van der Waals surface area (Å²) < 4.78 is 35.3. The zero-order valence-corrected chi connectivity index (χ0v) is 19.4. The summed E-state index contributed by atoms with van der Waals surface area (Å²) >= 11 is 0. The first kappa shape index (κ1) is 24.1. The van der Waals surface area contributed by atoms with E-state index in [4.69, 9.17) is 9.47 Å². The molecule has 0 radical (unpaired) electrons. The number of phenols is 1. The standard InChI is InChI=1S/C22H24N2O8S/c1-5-32-18-10-13(6-9-17(18)31-3)15(11-33(4,29)30)24-21(27)19-14(23-12(2)25)7-8-16(26)20(19)22(24)28/h6-10,15,26H,5,11H2,1-4H3,(H,23,25)/t15-/m1/s1. The Kier molecular flexibility index (Phi) is 6.63. The van der Waals surface area contributed by atoms with E-state index >= 15 is 0 Å². The van der Waals surface area contributed by atoms with Crippen LogP contribution < -0.4 is 14.8 Å². The smallest absolute Gasteiger partial charge is 0.266 e. The number of carbonyl (C=O) groups excluding carboxylic acids is 3. The summed E-state index contributed by atoms with van der Waals surface area (Å²) in [4.78, 5) is 39.0. The molecule has 0 aromatic heterocycles. The van der Waals surface area contributed by atoms with Crippen molar-refractivity contribution < 1.29 is 37.4 Å². The molecule has 3 rings (SSSR count). The Morgan fingerprint density at radius 3 is 2.36 bits per heavy atom. The molecule has 176 valence electrons. The van der Waals surface area contributed by atoms with Crippen LogP contribution in [-0.2, 0) is 14.6 Å². The fraction of sp³-hybridized carbons (Fsp3) is 0.318. The van der Waals surface area contributed by atoms with Crippen molar-refractivity contribution in [2.45, 2.75) is 19.9 Å². The normalized spacial score (nSPS) is 14.1. The summed E-state index contributed by atoms with van der Waals surface area (Å²) in [6.45, 7) is 3.30. The molecule has 1 aliphatic heterocycles. The fourth-order valence-corrected chi connectivity index (χ4v) is 4.63. The van der Waals surface area contributed by atoms with E-state index in [0.29, 0.717) is 23.7 Å². The van der Waals surface area contributed by atoms with Gasteiger partial charge in [-0.1, -0.05) is 6.07 Å². The maximum Gasteiger partial charge on any atom is 0.266 e. The number of benzene rings is 2. The minimum absolute atomic E-state index is 0.0407. The molecule has 1 heterocycles. The summed E-state index contributed by atoms with van der Waals surface area (Å²) in [6, 6.07) is 5.86. The Hall–Kier alpha value is -3.60. The van der Waals surface area contributed by atoms with E-state index in [1.807, 2.05) is 0 Å². The van der Waals surface area contributed by atoms with Crippen LogP contribution >= 0.6 is 0 Å². The number of hydrogen-bond donors (Lipinski definition) is 2. The average molecular weight is 477 g/mol. The van der Waals surface area contributed by atoms with Gasteiger partial charge in [0, 0.05) is 13.2 Å². The van der Waals surface area contributed by atoms with Gasteiger partial charge < -0.3 is 19.9 Å². The van der Waals surface area contributed by atoms with E-state index in [1.165, 1.54) is 38.3 Å². The molecule has 0 unspecified atom stereocenters. The predicted octanol–water partition coefficient (Wildman–Crippen LogP) is 2.14. The molecule has 0 saturated carbocycles. The van der Waals surface area contributed by atoms with Crippen LogP contribution in [0.2, 0.25) is 0 Å². The molecule has 0 bridgehead atoms. The van der Waals surface area contributed by atoms with Crippen molar-refractivity contribution in [2.24, 2.45) is 0 Å². The molecule has 0 aliphatic carbocycles. The molecule has 10 nitrogen and oxygen atoms in total. The lowest BCUT2D eigenvalue weighted by Crippen LogP contribution is -2.37. The van der Waals surface area contributed by atoms with E-state index in [-0.39, 0.29) is 16.8 Å². The number of imide groups is 1. The van der Waals surface area contributed by atoms with Gasteiger partial charge >= 0.3 is 0 Å². The van der Waals surface area contributed by atoms with Crippen LogP contribution in [0, 0.1) is 0 Å². The molecule has 0 fully saturated rings. The SMILES string of the molecule is CCOc1cc([C@@H](CS(C)(=O)=O)N2C(=O)c3c(O)ccc(NC(C)=O)c3C2=O)ccc1OC. The first-order valence-corrected chi connectivity index (χ1v) is 12.0. The maximum atomic E-state index is 13.4. The lowest BCUT2D eigenvalue weighted by Gasteiger charge is -2.27. The first-order valence-electron chi connectivity index (χ1n) is 9.98. The lowest BCUT2D eigenvalue weighted by molar-refractivity contribution is -0.114. The molecular formula is C22H24N2O8S. The van der Waals surface area contributed by atoms with Gasteiger partial charge in [0.25, 0.3) is 11.8 Å². The number of carbonyl (C=O) groups is 3. The summed E-state index contributed by atoms with van der Waals surface area (Å²) in [6.07, 6.45) is 0.991. The van der Waals surface area contributed by atoms with Crippen molar-refractivity contribution in [3.63, 3.8) is 0 Å². The van der Waals surface area contributed by atoms with Gasteiger partial charge in [-0.3, -0.25) is 19.3 Å². The molecule has 0 saturated heterocycles. The zero-order valence-electron chi connectivity index (χ0n) is 18.5. The minimum atomic E-state index is -3.67. The van der Waals surface area contributed by atoms with Gasteiger partial charge in [0.2, 0.25) is 5.91 Å². The molecule has 2 N–H and O–H groups in total. The zero-order chi connectivity index (χ0) is 24.5. The van der Waals surface area contributed by atoms with Gasteiger partial charge in [-0.2, -0.15) is 0 Å². The molecule has 11 heteroatoms. The van der Waals surface area contributed by atoms with Crippen LogP contribution in [0.4, 0.5) is 5.69 Å². The third-order valence-electron chi connectivity index (χ3n) is 5.00. The number of fused-ring (bicyclic) bond motifs is 1. The van der Waals surface area contributed by atoms with Gasteiger partial charge in [0.05, 0.1) is 42.3 Å². The molecule has 2 aromatic rings. The van der Waals surface area contributed by atoms with Crippen LogP contribution in [0.15, 0.2) is 30.3 Å². The molecule has 1 atom stereocenters. The van der Waals surface area contributed by atoms with Crippen molar-refractivity contribution in [3.8, 4) is 17.2 Å². The highest BCUT2D eigenvalue weighted by molar-refractivity contribution is 7.90. The Morgan fingerprint density at radius 2 is 1.79 bits per heavy atom. The Labute approximate surface area is 191 Å². The molecule has 3 amide bonds. The monoisotopic (exact) mass is 476 g/mol. The van der Waals surface area contributed by atoms with Gasteiger partial charge in [-0.05, 0) is 36.8 Å². The number of methoxy groups -OCH3 is 1. The number of anilines is 1. The molecule has 2 aromatic carbocycles. The number of hydrogen-bond acceptors (Lipinski definition) is 8. The number of aromatic hydroxyl groups is 1. The van der Waals surface area contributed by atoms with Crippen LogP contribution in [-0.4, -0.2) is 61.9 Å². The molecule has 1 aliphatic rings. The van der Waals surface area contributed by atoms with Gasteiger partial charge in [0.1, 0.15) is 15.6 Å². The number of sulfone groups is 1. The Balaban J connectivity index is 2.17. The minimum Gasteiger partial charge on any atom is -0.507 e. The van der Waals surface area contributed by atoms with E-state index in [9.17, 15) is 27.9 Å². The highest BCUT2D eigenvalue weighted by Crippen LogP contribution is 2.41. The second-order valence-corrected chi connectivity index (χ2v) is 9.68. The van der Waals surface area contributed by atoms with Crippen molar-refractivity contribution in [2.75, 3.05) is 31.0 Å². The number of nitrogens with one attached hydrogen (secondary N) is 1. The van der Waals surface area contributed by atoms with Crippen LogP contribution in [0.25, 0.3) is 0 Å². The van der Waals surface area contributed by atoms with Crippen molar-refractivity contribution in [3.05, 3.63) is 47.0 Å². The number of ether oxygens (including phenoxy) is 2. The Bertz CT molecular complexity index is 1240. The number of nitrogens with zero attached hydrogens (tertiary/aromatic N) is 1.